The van der Waals surface area contributed by atoms with Gasteiger partial charge in [-0.05, 0) is 55.0 Å². The molecule has 1 aliphatic heterocycles. The van der Waals surface area contributed by atoms with Gasteiger partial charge in [0.15, 0.2) is 0 Å². The van der Waals surface area contributed by atoms with Crippen LogP contribution < -0.4 is 15.2 Å². The van der Waals surface area contributed by atoms with E-state index in [1.54, 1.807) is 36.3 Å². The van der Waals surface area contributed by atoms with Gasteiger partial charge < -0.3 is 20.1 Å². The number of carbonyl (C=O) groups excluding carboxylic acids is 1. The SMILES string of the molecule is COc1ccc(Oc2ccc([N+](=O)[O-])cc2C(=O)N2CC3CCC(N)C3C2)cc1.Cl. The van der Waals surface area contributed by atoms with Crippen molar-refractivity contribution in [3.8, 4) is 17.2 Å². The Morgan fingerprint density at radius 2 is 1.83 bits per heavy atom. The second kappa shape index (κ2) is 8.89. The lowest BCUT2D eigenvalue weighted by molar-refractivity contribution is -0.384. The fraction of sp³-hybridized carbons (Fsp3) is 0.381. The summed E-state index contributed by atoms with van der Waals surface area (Å²) >= 11 is 0. The number of rotatable bonds is 5. The van der Waals surface area contributed by atoms with Crippen LogP contribution in [0.3, 0.4) is 0 Å². The Kier molecular flexibility index (Phi) is 6.48. The smallest absolute Gasteiger partial charge is 0.270 e. The number of nitrogens with two attached hydrogens (primary N) is 1. The van der Waals surface area contributed by atoms with Crippen molar-refractivity contribution >= 4 is 24.0 Å². The summed E-state index contributed by atoms with van der Waals surface area (Å²) in [6.45, 7) is 1.21. The molecule has 3 unspecified atom stereocenters. The van der Waals surface area contributed by atoms with Crippen molar-refractivity contribution < 1.29 is 19.2 Å². The molecule has 4 rings (SSSR count). The number of nitro groups is 1. The molecule has 1 amide bonds. The van der Waals surface area contributed by atoms with Gasteiger partial charge in [0.1, 0.15) is 17.2 Å². The number of hydrogen-bond donors (Lipinski definition) is 1. The molecule has 8 nitrogen and oxygen atoms in total. The van der Waals surface area contributed by atoms with E-state index in [-0.39, 0.29) is 41.4 Å². The molecule has 2 N–H and O–H groups in total. The number of ether oxygens (including phenoxy) is 2. The number of likely N-dealkylation sites (tertiary alicyclic amines) is 1. The van der Waals surface area contributed by atoms with E-state index >= 15 is 0 Å². The molecule has 0 aromatic heterocycles. The van der Waals surface area contributed by atoms with Gasteiger partial charge in [-0.2, -0.15) is 0 Å². The van der Waals surface area contributed by atoms with Gasteiger partial charge in [-0.15, -0.1) is 12.4 Å². The molecule has 1 saturated carbocycles. The van der Waals surface area contributed by atoms with Crippen molar-refractivity contribution in [2.24, 2.45) is 17.6 Å². The predicted octanol–water partition coefficient (Wildman–Crippen LogP) is 3.63. The van der Waals surface area contributed by atoms with Gasteiger partial charge in [0.25, 0.3) is 11.6 Å². The maximum atomic E-state index is 13.2. The Morgan fingerprint density at radius 3 is 2.47 bits per heavy atom. The number of benzene rings is 2. The molecule has 2 aromatic rings. The molecule has 1 heterocycles. The van der Waals surface area contributed by atoms with E-state index in [4.69, 9.17) is 15.2 Å². The molecule has 0 bridgehead atoms. The predicted molar refractivity (Wildman–Crippen MR) is 114 cm³/mol. The Labute approximate surface area is 180 Å². The number of fused-ring (bicyclic) bond motifs is 1. The molecule has 0 spiro atoms. The highest BCUT2D eigenvalue weighted by Crippen LogP contribution is 2.39. The van der Waals surface area contributed by atoms with Gasteiger partial charge in [0.2, 0.25) is 0 Å². The summed E-state index contributed by atoms with van der Waals surface area (Å²) in [6, 6.07) is 11.1. The topological polar surface area (TPSA) is 108 Å². The molecule has 3 atom stereocenters. The second-order valence-electron chi connectivity index (χ2n) is 7.59. The van der Waals surface area contributed by atoms with Crippen molar-refractivity contribution in [3.05, 3.63) is 58.1 Å². The standard InChI is InChI=1S/C21H23N3O5.ClH/c1-28-15-4-6-16(7-5-15)29-20-9-3-14(24(26)27)10-17(20)21(25)23-11-13-2-8-19(22)18(13)12-23;/h3-7,9-10,13,18-19H,2,8,11-12,22H2,1H3;1H. The van der Waals surface area contributed by atoms with E-state index in [0.717, 1.165) is 12.8 Å². The Morgan fingerprint density at radius 1 is 1.13 bits per heavy atom. The summed E-state index contributed by atoms with van der Waals surface area (Å²) in [4.78, 5) is 25.7. The van der Waals surface area contributed by atoms with Gasteiger partial charge >= 0.3 is 0 Å². The maximum Gasteiger partial charge on any atom is 0.270 e. The number of amides is 1. The number of nitro benzene ring substituents is 1. The first-order valence-electron chi connectivity index (χ1n) is 9.61. The number of carbonyl (C=O) groups is 1. The molecule has 1 saturated heterocycles. The fourth-order valence-corrected chi connectivity index (χ4v) is 4.30. The van der Waals surface area contributed by atoms with Crippen molar-refractivity contribution in [2.75, 3.05) is 20.2 Å². The van der Waals surface area contributed by atoms with E-state index in [2.05, 4.69) is 0 Å². The summed E-state index contributed by atoms with van der Waals surface area (Å²) < 4.78 is 11.0. The number of halogens is 1. The number of methoxy groups -OCH3 is 1. The van der Waals surface area contributed by atoms with E-state index in [1.165, 1.54) is 18.2 Å². The number of non-ortho nitro benzene ring substituents is 1. The molecule has 9 heteroatoms. The fourth-order valence-electron chi connectivity index (χ4n) is 4.30. The first-order valence-corrected chi connectivity index (χ1v) is 9.61. The van der Waals surface area contributed by atoms with E-state index < -0.39 is 4.92 Å². The van der Waals surface area contributed by atoms with E-state index in [1.807, 2.05) is 0 Å². The zero-order valence-electron chi connectivity index (χ0n) is 16.5. The number of hydrogen-bond acceptors (Lipinski definition) is 6. The maximum absolute atomic E-state index is 13.2. The van der Waals surface area contributed by atoms with Crippen molar-refractivity contribution in [1.29, 1.82) is 0 Å². The van der Waals surface area contributed by atoms with Crippen LogP contribution in [0.1, 0.15) is 23.2 Å². The zero-order valence-corrected chi connectivity index (χ0v) is 17.3. The monoisotopic (exact) mass is 433 g/mol. The van der Waals surface area contributed by atoms with E-state index in [9.17, 15) is 14.9 Å². The first kappa shape index (κ1) is 21.9. The minimum absolute atomic E-state index is 0. The van der Waals surface area contributed by atoms with E-state index in [0.29, 0.717) is 36.4 Å². The van der Waals surface area contributed by atoms with Crippen LogP contribution in [-0.2, 0) is 0 Å². The molecular weight excluding hydrogens is 410 g/mol. The van der Waals surface area contributed by atoms with Gasteiger partial charge in [-0.25, -0.2) is 0 Å². The van der Waals surface area contributed by atoms with Crippen LogP contribution in [0.15, 0.2) is 42.5 Å². The Balaban J connectivity index is 0.00000256. The third-order valence-electron chi connectivity index (χ3n) is 5.89. The molecule has 2 fully saturated rings. The minimum atomic E-state index is -0.511. The summed E-state index contributed by atoms with van der Waals surface area (Å²) in [7, 11) is 1.57. The van der Waals surface area contributed by atoms with Crippen LogP contribution in [0.25, 0.3) is 0 Å². The molecular formula is C21H24ClN3O5. The second-order valence-corrected chi connectivity index (χ2v) is 7.59. The average molecular weight is 434 g/mol. The quantitative estimate of drug-likeness (QED) is 0.569. The molecule has 30 heavy (non-hydrogen) atoms. The normalized spacial score (nSPS) is 22.2. The highest BCUT2D eigenvalue weighted by Gasteiger charge is 2.43. The molecule has 0 radical (unpaired) electrons. The molecule has 1 aliphatic carbocycles. The number of nitrogens with zero attached hydrogens (tertiary/aromatic N) is 2. The lowest BCUT2D eigenvalue weighted by Gasteiger charge is -2.20. The van der Waals surface area contributed by atoms with Gasteiger partial charge in [-0.1, -0.05) is 0 Å². The summed E-state index contributed by atoms with van der Waals surface area (Å²) in [6.07, 6.45) is 2.00. The lowest BCUT2D eigenvalue weighted by atomic mass is 9.98. The third-order valence-corrected chi connectivity index (χ3v) is 5.89. The average Bonchev–Trinajstić information content (AvgIpc) is 3.30. The van der Waals surface area contributed by atoms with Crippen molar-refractivity contribution in [1.82, 2.24) is 4.90 Å². The largest absolute Gasteiger partial charge is 0.497 e. The van der Waals surface area contributed by atoms with Gasteiger partial charge in [0.05, 0.1) is 17.6 Å². The van der Waals surface area contributed by atoms with Gasteiger partial charge in [-0.3, -0.25) is 14.9 Å². The Bertz CT molecular complexity index is 937. The first-order chi connectivity index (χ1) is 14.0. The summed E-state index contributed by atoms with van der Waals surface area (Å²) in [5.74, 6) is 1.90. The summed E-state index contributed by atoms with van der Waals surface area (Å²) in [5.41, 5.74) is 6.22. The van der Waals surface area contributed by atoms with Crippen molar-refractivity contribution in [2.45, 2.75) is 18.9 Å². The lowest BCUT2D eigenvalue weighted by Crippen LogP contribution is -2.33. The van der Waals surface area contributed by atoms with Crippen LogP contribution >= 0.6 is 12.4 Å². The highest BCUT2D eigenvalue weighted by atomic mass is 35.5. The molecule has 2 aliphatic rings. The summed E-state index contributed by atoms with van der Waals surface area (Å²) in [5, 5.41) is 11.2. The molecule has 160 valence electrons. The van der Waals surface area contributed by atoms with Crippen LogP contribution in [0, 0.1) is 22.0 Å². The third kappa shape index (κ3) is 4.20. The van der Waals surface area contributed by atoms with Gasteiger partial charge in [0, 0.05) is 31.3 Å². The van der Waals surface area contributed by atoms with Crippen molar-refractivity contribution in [3.63, 3.8) is 0 Å². The Hall–Kier alpha value is -2.84. The van der Waals surface area contributed by atoms with Crippen LogP contribution in [0.5, 0.6) is 17.2 Å². The van der Waals surface area contributed by atoms with Crippen LogP contribution in [0.2, 0.25) is 0 Å². The highest BCUT2D eigenvalue weighted by molar-refractivity contribution is 5.98. The molecule has 2 aromatic carbocycles. The van der Waals surface area contributed by atoms with Crippen LogP contribution in [0.4, 0.5) is 5.69 Å². The van der Waals surface area contributed by atoms with Crippen LogP contribution in [-0.4, -0.2) is 42.0 Å². The minimum Gasteiger partial charge on any atom is -0.497 e. The zero-order chi connectivity index (χ0) is 20.5.